The molecule has 1 aromatic rings. The minimum atomic E-state index is -1.04. The van der Waals surface area contributed by atoms with Crippen LogP contribution in [0.1, 0.15) is 65.4 Å². The van der Waals surface area contributed by atoms with E-state index in [2.05, 4.69) is 5.32 Å². The van der Waals surface area contributed by atoms with Gasteiger partial charge in [-0.3, -0.25) is 9.59 Å². The first kappa shape index (κ1) is 24.0. The molecule has 0 radical (unpaired) electrons. The van der Waals surface area contributed by atoms with Crippen molar-refractivity contribution < 1.29 is 14.7 Å². The Morgan fingerprint density at radius 3 is 2.45 bits per heavy atom. The van der Waals surface area contributed by atoms with Gasteiger partial charge in [0.2, 0.25) is 11.8 Å². The molecule has 1 saturated heterocycles. The molecule has 2 aliphatic rings. The first-order chi connectivity index (χ1) is 14.3. The van der Waals surface area contributed by atoms with E-state index in [1.807, 2.05) is 44.7 Å². The first-order valence-corrected chi connectivity index (χ1v) is 11.5. The number of carbonyl (C=O) groups is 2. The number of hydrogen-bond donors (Lipinski definition) is 3. The fourth-order valence-corrected chi connectivity index (χ4v) is 5.15. The van der Waals surface area contributed by atoms with Crippen molar-refractivity contribution in [3.63, 3.8) is 0 Å². The molecule has 0 aromatic heterocycles. The number of nitrogens with one attached hydrogen (secondary N) is 1. The third kappa shape index (κ3) is 5.24. The van der Waals surface area contributed by atoms with Gasteiger partial charge in [0.05, 0.1) is 5.60 Å². The Morgan fingerprint density at radius 1 is 1.26 bits per heavy atom. The van der Waals surface area contributed by atoms with E-state index in [0.717, 1.165) is 18.4 Å². The van der Waals surface area contributed by atoms with Crippen LogP contribution in [0.25, 0.3) is 0 Å². The second kappa shape index (κ2) is 8.72. The number of aliphatic hydroxyl groups is 1. The van der Waals surface area contributed by atoms with Crippen LogP contribution >= 0.6 is 11.6 Å². The van der Waals surface area contributed by atoms with E-state index in [9.17, 15) is 14.7 Å². The molecule has 0 bridgehead atoms. The third-order valence-corrected chi connectivity index (χ3v) is 7.27. The Balaban J connectivity index is 1.62. The second-order valence-electron chi connectivity index (χ2n) is 10.6. The third-order valence-electron chi connectivity index (χ3n) is 7.02. The van der Waals surface area contributed by atoms with Crippen LogP contribution in [0, 0.1) is 11.3 Å². The minimum Gasteiger partial charge on any atom is -0.384 e. The molecule has 1 aliphatic heterocycles. The zero-order valence-corrected chi connectivity index (χ0v) is 19.8. The second-order valence-corrected chi connectivity index (χ2v) is 11.1. The zero-order valence-electron chi connectivity index (χ0n) is 19.1. The van der Waals surface area contributed by atoms with E-state index in [0.29, 0.717) is 31.0 Å². The van der Waals surface area contributed by atoms with Gasteiger partial charge in [0, 0.05) is 47.4 Å². The summed E-state index contributed by atoms with van der Waals surface area (Å²) in [7, 11) is 0. The van der Waals surface area contributed by atoms with Crippen LogP contribution in [0.4, 0.5) is 0 Å². The molecule has 3 atom stereocenters. The highest BCUT2D eigenvalue weighted by atomic mass is 35.5. The fraction of sp³-hybridized carbons (Fsp3) is 0.667. The lowest BCUT2D eigenvalue weighted by Crippen LogP contribution is -2.58. The molecule has 31 heavy (non-hydrogen) atoms. The van der Waals surface area contributed by atoms with E-state index in [1.165, 1.54) is 0 Å². The van der Waals surface area contributed by atoms with Crippen LogP contribution in [0.2, 0.25) is 5.02 Å². The van der Waals surface area contributed by atoms with Crippen molar-refractivity contribution >= 4 is 23.4 Å². The van der Waals surface area contributed by atoms with Gasteiger partial charge in [-0.25, -0.2) is 0 Å². The maximum absolute atomic E-state index is 13.1. The largest absolute Gasteiger partial charge is 0.384 e. The van der Waals surface area contributed by atoms with E-state index in [1.54, 1.807) is 12.1 Å². The van der Waals surface area contributed by atoms with Gasteiger partial charge in [-0.1, -0.05) is 37.6 Å². The Morgan fingerprint density at radius 2 is 1.90 bits per heavy atom. The van der Waals surface area contributed by atoms with Crippen molar-refractivity contribution in [2.24, 2.45) is 17.1 Å². The maximum atomic E-state index is 13.1. The van der Waals surface area contributed by atoms with Crippen LogP contribution in [-0.4, -0.2) is 46.5 Å². The number of likely N-dealkylation sites (tertiary alicyclic amines) is 1. The van der Waals surface area contributed by atoms with Crippen LogP contribution in [-0.2, 0) is 15.2 Å². The predicted octanol–water partition coefficient (Wildman–Crippen LogP) is 3.20. The monoisotopic (exact) mass is 449 g/mol. The highest BCUT2D eigenvalue weighted by molar-refractivity contribution is 6.30. The molecule has 1 aliphatic carbocycles. The average Bonchev–Trinajstić information content (AvgIpc) is 3.10. The first-order valence-electron chi connectivity index (χ1n) is 11.2. The standard InChI is InChI=1S/C24H36ClN3O3/c1-22(2)15-28(12-11-24(22,31)17-6-8-18(25)9-7-17)20(29)14-23(3,4)27-21(30)16-5-10-19(26)13-16/h6-9,16,19,31H,5,10-15,26H2,1-4H3,(H,27,30)/t16-,19-,24?/m1/s1. The number of hydrogen-bond acceptors (Lipinski definition) is 4. The Labute approximate surface area is 190 Å². The number of halogens is 1. The van der Waals surface area contributed by atoms with Crippen LogP contribution in [0.3, 0.4) is 0 Å². The molecule has 2 fully saturated rings. The van der Waals surface area contributed by atoms with Crippen LogP contribution in [0.5, 0.6) is 0 Å². The average molecular weight is 450 g/mol. The van der Waals surface area contributed by atoms with Crippen molar-refractivity contribution in [1.82, 2.24) is 10.2 Å². The molecule has 172 valence electrons. The SMILES string of the molecule is CC(C)(CC(=O)N1CCC(O)(c2ccc(Cl)cc2)C(C)(C)C1)NC(=O)[C@@H]1CC[C@@H](N)C1. The lowest BCUT2D eigenvalue weighted by Gasteiger charge is -2.51. The van der Waals surface area contributed by atoms with Gasteiger partial charge in [-0.05, 0) is 57.2 Å². The van der Waals surface area contributed by atoms with Crippen molar-refractivity contribution in [2.45, 2.75) is 77.0 Å². The summed E-state index contributed by atoms with van der Waals surface area (Å²) in [5.74, 6) is -0.0887. The molecule has 1 saturated carbocycles. The normalized spacial score (nSPS) is 28.4. The zero-order chi connectivity index (χ0) is 23.0. The molecule has 1 heterocycles. The van der Waals surface area contributed by atoms with E-state index in [4.69, 9.17) is 17.3 Å². The number of benzene rings is 1. The Bertz CT molecular complexity index is 824. The summed E-state index contributed by atoms with van der Waals surface area (Å²) < 4.78 is 0. The molecule has 0 spiro atoms. The Kier molecular flexibility index (Phi) is 6.76. The maximum Gasteiger partial charge on any atom is 0.224 e. The van der Waals surface area contributed by atoms with Crippen LogP contribution in [0.15, 0.2) is 24.3 Å². The molecule has 2 amide bonds. The van der Waals surface area contributed by atoms with Gasteiger partial charge in [0.15, 0.2) is 0 Å². The number of rotatable bonds is 5. The smallest absolute Gasteiger partial charge is 0.224 e. The van der Waals surface area contributed by atoms with Crippen molar-refractivity contribution in [3.8, 4) is 0 Å². The fourth-order valence-electron chi connectivity index (χ4n) is 5.02. The molecule has 3 rings (SSSR count). The summed E-state index contributed by atoms with van der Waals surface area (Å²) in [5.41, 5.74) is 4.52. The number of nitrogens with zero attached hydrogens (tertiary/aromatic N) is 1. The van der Waals surface area contributed by atoms with Gasteiger partial charge in [0.1, 0.15) is 0 Å². The molecular formula is C24H36ClN3O3. The lowest BCUT2D eigenvalue weighted by atomic mass is 9.66. The summed E-state index contributed by atoms with van der Waals surface area (Å²) in [4.78, 5) is 27.5. The highest BCUT2D eigenvalue weighted by Crippen LogP contribution is 2.46. The molecule has 1 aromatic carbocycles. The van der Waals surface area contributed by atoms with Crippen LogP contribution < -0.4 is 11.1 Å². The predicted molar refractivity (Wildman–Crippen MR) is 122 cm³/mol. The molecule has 4 N–H and O–H groups in total. The number of piperidine rings is 1. The molecule has 1 unspecified atom stereocenters. The Hall–Kier alpha value is -1.63. The number of amides is 2. The summed E-state index contributed by atoms with van der Waals surface area (Å²) in [6.07, 6.45) is 3.05. The molecule has 6 nitrogen and oxygen atoms in total. The topological polar surface area (TPSA) is 95.7 Å². The van der Waals surface area contributed by atoms with Gasteiger partial charge in [0.25, 0.3) is 0 Å². The van der Waals surface area contributed by atoms with Gasteiger partial charge >= 0.3 is 0 Å². The van der Waals surface area contributed by atoms with Crippen molar-refractivity contribution in [3.05, 3.63) is 34.9 Å². The molecule has 7 heteroatoms. The van der Waals surface area contributed by atoms with Crippen molar-refractivity contribution in [1.29, 1.82) is 0 Å². The van der Waals surface area contributed by atoms with Gasteiger partial charge in [-0.2, -0.15) is 0 Å². The van der Waals surface area contributed by atoms with Gasteiger partial charge in [-0.15, -0.1) is 0 Å². The summed E-state index contributed by atoms with van der Waals surface area (Å²) in [5, 5.41) is 15.2. The lowest BCUT2D eigenvalue weighted by molar-refractivity contribution is -0.154. The number of nitrogens with two attached hydrogens (primary N) is 1. The number of carbonyl (C=O) groups excluding carboxylic acids is 2. The molecular weight excluding hydrogens is 414 g/mol. The minimum absolute atomic E-state index is 0.0122. The van der Waals surface area contributed by atoms with E-state index >= 15 is 0 Å². The summed E-state index contributed by atoms with van der Waals surface area (Å²) >= 11 is 6.01. The summed E-state index contributed by atoms with van der Waals surface area (Å²) in [6, 6.07) is 7.37. The van der Waals surface area contributed by atoms with Crippen molar-refractivity contribution in [2.75, 3.05) is 13.1 Å². The highest BCUT2D eigenvalue weighted by Gasteiger charge is 2.49. The quantitative estimate of drug-likeness (QED) is 0.643. The summed E-state index contributed by atoms with van der Waals surface area (Å²) in [6.45, 7) is 8.64. The van der Waals surface area contributed by atoms with Gasteiger partial charge < -0.3 is 21.1 Å². The van der Waals surface area contributed by atoms with E-state index < -0.39 is 16.6 Å². The van der Waals surface area contributed by atoms with E-state index in [-0.39, 0.29) is 30.2 Å².